The number of sulfone groups is 1. The first-order valence-electron chi connectivity index (χ1n) is 5.96. The average molecular weight is 351 g/mol. The van der Waals surface area contributed by atoms with E-state index in [4.69, 9.17) is 0 Å². The van der Waals surface area contributed by atoms with E-state index in [0.717, 1.165) is 10.7 Å². The standard InChI is InChI=1S/C12H19BrN2O3S/c1-8(2)15-6-10(13)5-11(15)12(16)14-9(3)7-19(4,17)18/h5-6,8-9H,7H2,1-4H3,(H,14,16). The molecule has 7 heteroatoms. The summed E-state index contributed by atoms with van der Waals surface area (Å²) in [7, 11) is -3.10. The molecular weight excluding hydrogens is 332 g/mol. The van der Waals surface area contributed by atoms with Crippen LogP contribution in [0, 0.1) is 0 Å². The lowest BCUT2D eigenvalue weighted by Gasteiger charge is -2.16. The molecule has 0 aliphatic rings. The summed E-state index contributed by atoms with van der Waals surface area (Å²) < 4.78 is 25.0. The number of hydrogen-bond acceptors (Lipinski definition) is 3. The Bertz CT molecular complexity index is 564. The Morgan fingerprint density at radius 1 is 1.42 bits per heavy atom. The number of nitrogens with one attached hydrogen (secondary N) is 1. The van der Waals surface area contributed by atoms with Gasteiger partial charge in [-0.3, -0.25) is 4.79 Å². The molecule has 1 aromatic heterocycles. The van der Waals surface area contributed by atoms with E-state index in [1.54, 1.807) is 13.0 Å². The predicted octanol–water partition coefficient (Wildman–Crippen LogP) is 1.99. The van der Waals surface area contributed by atoms with Crippen LogP contribution < -0.4 is 5.32 Å². The minimum absolute atomic E-state index is 0.0672. The first kappa shape index (κ1) is 16.2. The Kier molecular flexibility index (Phi) is 5.20. The quantitative estimate of drug-likeness (QED) is 0.882. The molecule has 5 nitrogen and oxygen atoms in total. The molecule has 108 valence electrons. The second kappa shape index (κ2) is 6.09. The number of carbonyl (C=O) groups is 1. The number of rotatable bonds is 5. The Morgan fingerprint density at radius 3 is 2.47 bits per heavy atom. The van der Waals surface area contributed by atoms with Crippen LogP contribution in [0.5, 0.6) is 0 Å². The molecule has 0 saturated carbocycles. The number of amides is 1. The largest absolute Gasteiger partial charge is 0.347 e. The van der Waals surface area contributed by atoms with E-state index in [1.165, 1.54) is 0 Å². The zero-order chi connectivity index (χ0) is 14.8. The monoisotopic (exact) mass is 350 g/mol. The van der Waals surface area contributed by atoms with Crippen molar-refractivity contribution in [3.05, 3.63) is 22.4 Å². The van der Waals surface area contributed by atoms with Crippen LogP contribution in [0.3, 0.4) is 0 Å². The summed E-state index contributed by atoms with van der Waals surface area (Å²) >= 11 is 3.34. The second-order valence-electron chi connectivity index (χ2n) is 5.01. The van der Waals surface area contributed by atoms with Gasteiger partial charge in [-0.25, -0.2) is 8.42 Å². The van der Waals surface area contributed by atoms with Crippen molar-refractivity contribution in [2.24, 2.45) is 0 Å². The highest BCUT2D eigenvalue weighted by molar-refractivity contribution is 9.10. The first-order chi connectivity index (χ1) is 8.60. The van der Waals surface area contributed by atoms with E-state index in [9.17, 15) is 13.2 Å². The second-order valence-corrected chi connectivity index (χ2v) is 8.11. The summed E-state index contributed by atoms with van der Waals surface area (Å²) in [6.07, 6.45) is 2.99. The number of carbonyl (C=O) groups excluding carboxylic acids is 1. The maximum atomic E-state index is 12.1. The first-order valence-corrected chi connectivity index (χ1v) is 8.81. The van der Waals surface area contributed by atoms with Crippen molar-refractivity contribution in [1.29, 1.82) is 0 Å². The van der Waals surface area contributed by atoms with Gasteiger partial charge in [-0.05, 0) is 42.8 Å². The minimum Gasteiger partial charge on any atom is -0.347 e. The molecule has 19 heavy (non-hydrogen) atoms. The molecule has 1 aromatic rings. The fourth-order valence-corrected chi connectivity index (χ4v) is 3.28. The van der Waals surface area contributed by atoms with E-state index < -0.39 is 15.9 Å². The van der Waals surface area contributed by atoms with Crippen molar-refractivity contribution in [3.63, 3.8) is 0 Å². The zero-order valence-electron chi connectivity index (χ0n) is 11.5. The fraction of sp³-hybridized carbons (Fsp3) is 0.583. The van der Waals surface area contributed by atoms with Gasteiger partial charge in [0.1, 0.15) is 15.5 Å². The van der Waals surface area contributed by atoms with Crippen molar-refractivity contribution in [1.82, 2.24) is 9.88 Å². The highest BCUT2D eigenvalue weighted by Gasteiger charge is 2.18. The van der Waals surface area contributed by atoms with Crippen LogP contribution in [0.4, 0.5) is 0 Å². The zero-order valence-corrected chi connectivity index (χ0v) is 13.9. The van der Waals surface area contributed by atoms with Crippen LogP contribution in [-0.4, -0.2) is 36.9 Å². The van der Waals surface area contributed by atoms with Gasteiger partial charge in [-0.15, -0.1) is 0 Å². The normalized spacial score (nSPS) is 13.6. The molecule has 0 fully saturated rings. The third-order valence-corrected chi connectivity index (χ3v) is 4.07. The molecule has 0 saturated heterocycles. The van der Waals surface area contributed by atoms with Gasteiger partial charge in [0.15, 0.2) is 0 Å². The minimum atomic E-state index is -3.10. The molecule has 0 aliphatic heterocycles. The Labute approximate surface area is 122 Å². The van der Waals surface area contributed by atoms with E-state index in [-0.39, 0.29) is 17.7 Å². The summed E-state index contributed by atoms with van der Waals surface area (Å²) in [6.45, 7) is 5.63. The third kappa shape index (κ3) is 4.99. The molecule has 0 radical (unpaired) electrons. The van der Waals surface area contributed by atoms with Crippen molar-refractivity contribution in [3.8, 4) is 0 Å². The maximum absolute atomic E-state index is 12.1. The van der Waals surface area contributed by atoms with Gasteiger partial charge in [0.05, 0.1) is 5.75 Å². The summed E-state index contributed by atoms with van der Waals surface area (Å²) in [5.74, 6) is -0.335. The molecule has 1 N–H and O–H groups in total. The van der Waals surface area contributed by atoms with Gasteiger partial charge in [0, 0.05) is 29.0 Å². The fourth-order valence-electron chi connectivity index (χ4n) is 1.85. The maximum Gasteiger partial charge on any atom is 0.268 e. The van der Waals surface area contributed by atoms with Crippen molar-refractivity contribution >= 4 is 31.7 Å². The number of halogens is 1. The average Bonchev–Trinajstić information content (AvgIpc) is 2.57. The van der Waals surface area contributed by atoms with Gasteiger partial charge in [-0.1, -0.05) is 0 Å². The molecule has 0 aliphatic carbocycles. The number of hydrogen-bond donors (Lipinski definition) is 1. The lowest BCUT2D eigenvalue weighted by atomic mass is 10.3. The van der Waals surface area contributed by atoms with E-state index in [0.29, 0.717) is 5.69 Å². The van der Waals surface area contributed by atoms with Gasteiger partial charge in [0.2, 0.25) is 0 Å². The van der Waals surface area contributed by atoms with Crippen LogP contribution in [0.15, 0.2) is 16.7 Å². The van der Waals surface area contributed by atoms with Crippen molar-refractivity contribution in [2.45, 2.75) is 32.9 Å². The summed E-state index contributed by atoms with van der Waals surface area (Å²) in [5.41, 5.74) is 0.516. The van der Waals surface area contributed by atoms with E-state index >= 15 is 0 Å². The van der Waals surface area contributed by atoms with Crippen molar-refractivity contribution in [2.75, 3.05) is 12.0 Å². The molecule has 1 amide bonds. The lowest BCUT2D eigenvalue weighted by Crippen LogP contribution is -2.38. The Balaban J connectivity index is 2.84. The van der Waals surface area contributed by atoms with Crippen molar-refractivity contribution < 1.29 is 13.2 Å². The summed E-state index contributed by atoms with van der Waals surface area (Å²) in [5, 5.41) is 2.70. The molecule has 0 aromatic carbocycles. The summed E-state index contributed by atoms with van der Waals surface area (Å²) in [4.78, 5) is 12.1. The molecule has 1 unspecified atom stereocenters. The third-order valence-electron chi connectivity index (χ3n) is 2.53. The highest BCUT2D eigenvalue weighted by Crippen LogP contribution is 2.19. The van der Waals surface area contributed by atoms with Crippen LogP contribution >= 0.6 is 15.9 Å². The molecule has 0 bridgehead atoms. The van der Waals surface area contributed by atoms with Crippen LogP contribution in [0.2, 0.25) is 0 Å². The molecular formula is C12H19BrN2O3S. The van der Waals surface area contributed by atoms with Gasteiger partial charge in [0.25, 0.3) is 5.91 Å². The molecule has 1 heterocycles. The van der Waals surface area contributed by atoms with Gasteiger partial charge < -0.3 is 9.88 Å². The van der Waals surface area contributed by atoms with E-state index in [2.05, 4.69) is 21.2 Å². The van der Waals surface area contributed by atoms with E-state index in [1.807, 2.05) is 24.6 Å². The topological polar surface area (TPSA) is 68.2 Å². The SMILES string of the molecule is CC(CS(C)(=O)=O)NC(=O)c1cc(Br)cn1C(C)C. The predicted molar refractivity (Wildman–Crippen MR) is 79.2 cm³/mol. The lowest BCUT2D eigenvalue weighted by molar-refractivity contribution is 0.0933. The molecule has 1 atom stereocenters. The van der Waals surface area contributed by atoms with Gasteiger partial charge >= 0.3 is 0 Å². The number of aromatic nitrogens is 1. The smallest absolute Gasteiger partial charge is 0.268 e. The molecule has 0 spiro atoms. The highest BCUT2D eigenvalue weighted by atomic mass is 79.9. The van der Waals surface area contributed by atoms with Crippen LogP contribution in [0.1, 0.15) is 37.3 Å². The Morgan fingerprint density at radius 2 is 2.00 bits per heavy atom. The number of nitrogens with zero attached hydrogens (tertiary/aromatic N) is 1. The summed E-state index contributed by atoms with van der Waals surface area (Å²) in [6, 6.07) is 1.46. The molecule has 1 rings (SSSR count). The van der Waals surface area contributed by atoms with Crippen LogP contribution in [0.25, 0.3) is 0 Å². The van der Waals surface area contributed by atoms with Crippen LogP contribution in [-0.2, 0) is 9.84 Å². The van der Waals surface area contributed by atoms with Gasteiger partial charge in [-0.2, -0.15) is 0 Å². The Hall–Kier alpha value is -0.820.